The number of anilines is 1. The predicted molar refractivity (Wildman–Crippen MR) is 72.6 cm³/mol. The van der Waals surface area contributed by atoms with Crippen LogP contribution in [0.25, 0.3) is 0 Å². The fourth-order valence-corrected chi connectivity index (χ4v) is 2.03. The van der Waals surface area contributed by atoms with E-state index in [2.05, 4.69) is 10.8 Å². The number of amides is 1. The molecule has 0 spiro atoms. The molecule has 0 aromatic heterocycles. The summed E-state index contributed by atoms with van der Waals surface area (Å²) in [6, 6.07) is 7.66. The summed E-state index contributed by atoms with van der Waals surface area (Å²) in [6.07, 6.45) is 4.28. The molecule has 1 fully saturated rings. The molecule has 0 atom stereocenters. The quantitative estimate of drug-likeness (QED) is 0.837. The maximum atomic E-state index is 10.8. The number of piperazine rings is 1. The van der Waals surface area contributed by atoms with Crippen molar-refractivity contribution in [1.82, 2.24) is 4.90 Å². The smallest absolute Gasteiger partial charge is 0.407 e. The fourth-order valence-electron chi connectivity index (χ4n) is 2.03. The molecule has 1 aromatic rings. The molecule has 100 valence electrons. The second-order valence-electron chi connectivity index (χ2n) is 4.24. The van der Waals surface area contributed by atoms with Crippen molar-refractivity contribution in [3.8, 4) is 18.1 Å². The second kappa shape index (κ2) is 6.01. The molecular weight excluding hydrogens is 244 g/mol. The van der Waals surface area contributed by atoms with Gasteiger partial charge in [0, 0.05) is 31.9 Å². The van der Waals surface area contributed by atoms with Gasteiger partial charge in [-0.05, 0) is 24.3 Å². The van der Waals surface area contributed by atoms with Crippen LogP contribution < -0.4 is 9.64 Å². The van der Waals surface area contributed by atoms with Gasteiger partial charge in [0.2, 0.25) is 0 Å². The third-order valence-electron chi connectivity index (χ3n) is 3.07. The first-order valence-electron chi connectivity index (χ1n) is 6.10. The highest BCUT2D eigenvalue weighted by Crippen LogP contribution is 2.20. The standard InChI is InChI=1S/C14H16N2O3/c1-2-11-19-13-5-3-12(4-6-13)15-7-9-16(10-8-15)14(17)18/h1,3-6H,7-11H2,(H,17,18). The van der Waals surface area contributed by atoms with Crippen LogP contribution in [0.2, 0.25) is 0 Å². The second-order valence-corrected chi connectivity index (χ2v) is 4.24. The van der Waals surface area contributed by atoms with Crippen LogP contribution in [-0.4, -0.2) is 48.9 Å². The molecule has 5 heteroatoms. The lowest BCUT2D eigenvalue weighted by atomic mass is 10.2. The van der Waals surface area contributed by atoms with E-state index in [0.29, 0.717) is 26.2 Å². The van der Waals surface area contributed by atoms with E-state index < -0.39 is 6.09 Å². The van der Waals surface area contributed by atoms with Gasteiger partial charge in [-0.1, -0.05) is 5.92 Å². The number of hydrogen-bond acceptors (Lipinski definition) is 3. The van der Waals surface area contributed by atoms with Gasteiger partial charge in [0.15, 0.2) is 0 Å². The molecule has 2 rings (SSSR count). The Kier molecular flexibility index (Phi) is 4.14. The van der Waals surface area contributed by atoms with Gasteiger partial charge in [-0.25, -0.2) is 4.79 Å². The zero-order valence-corrected chi connectivity index (χ0v) is 10.6. The lowest BCUT2D eigenvalue weighted by Gasteiger charge is -2.34. The minimum atomic E-state index is -0.849. The molecule has 0 aliphatic carbocycles. The number of carboxylic acid groups (broad SMARTS) is 1. The van der Waals surface area contributed by atoms with Crippen molar-refractivity contribution < 1.29 is 14.6 Å². The Morgan fingerprint density at radius 1 is 1.26 bits per heavy atom. The first kappa shape index (κ1) is 13.1. The van der Waals surface area contributed by atoms with Crippen LogP contribution >= 0.6 is 0 Å². The number of terminal acetylenes is 1. The molecule has 1 aliphatic rings. The van der Waals surface area contributed by atoms with Crippen molar-refractivity contribution in [2.75, 3.05) is 37.7 Å². The average molecular weight is 260 g/mol. The zero-order chi connectivity index (χ0) is 13.7. The molecule has 0 saturated carbocycles. The number of carbonyl (C=O) groups is 1. The van der Waals surface area contributed by atoms with Crippen molar-refractivity contribution in [3.63, 3.8) is 0 Å². The largest absolute Gasteiger partial charge is 0.481 e. The van der Waals surface area contributed by atoms with Gasteiger partial charge >= 0.3 is 6.09 Å². The number of hydrogen-bond donors (Lipinski definition) is 1. The summed E-state index contributed by atoms with van der Waals surface area (Å²) in [5.41, 5.74) is 1.07. The van der Waals surface area contributed by atoms with Gasteiger partial charge in [0.25, 0.3) is 0 Å². The summed E-state index contributed by atoms with van der Waals surface area (Å²) in [5, 5.41) is 8.89. The number of ether oxygens (including phenoxy) is 1. The molecular formula is C14H16N2O3. The van der Waals surface area contributed by atoms with Crippen LogP contribution in [0, 0.1) is 12.3 Å². The van der Waals surface area contributed by atoms with Gasteiger partial charge in [-0.3, -0.25) is 0 Å². The topological polar surface area (TPSA) is 53.0 Å². The van der Waals surface area contributed by atoms with Crippen LogP contribution in [0.3, 0.4) is 0 Å². The monoisotopic (exact) mass is 260 g/mol. The van der Waals surface area contributed by atoms with E-state index in [9.17, 15) is 4.79 Å². The summed E-state index contributed by atoms with van der Waals surface area (Å²) in [4.78, 5) is 14.4. The molecule has 0 unspecified atom stereocenters. The van der Waals surface area contributed by atoms with E-state index >= 15 is 0 Å². The maximum absolute atomic E-state index is 10.8. The zero-order valence-electron chi connectivity index (χ0n) is 10.6. The van der Waals surface area contributed by atoms with Crippen molar-refractivity contribution in [3.05, 3.63) is 24.3 Å². The van der Waals surface area contributed by atoms with E-state index in [4.69, 9.17) is 16.3 Å². The van der Waals surface area contributed by atoms with Gasteiger partial charge in [-0.2, -0.15) is 0 Å². The molecule has 0 bridgehead atoms. The molecule has 1 amide bonds. The summed E-state index contributed by atoms with van der Waals surface area (Å²) in [5.74, 6) is 3.16. The summed E-state index contributed by atoms with van der Waals surface area (Å²) < 4.78 is 5.31. The summed E-state index contributed by atoms with van der Waals surface area (Å²) in [6.45, 7) is 2.74. The Morgan fingerprint density at radius 3 is 2.42 bits per heavy atom. The van der Waals surface area contributed by atoms with Crippen molar-refractivity contribution in [2.45, 2.75) is 0 Å². The Balaban J connectivity index is 1.93. The SMILES string of the molecule is C#CCOc1ccc(N2CCN(C(=O)O)CC2)cc1. The third kappa shape index (κ3) is 3.32. The molecule has 0 radical (unpaired) electrons. The van der Waals surface area contributed by atoms with Crippen molar-refractivity contribution in [1.29, 1.82) is 0 Å². The third-order valence-corrected chi connectivity index (χ3v) is 3.07. The van der Waals surface area contributed by atoms with Crippen LogP contribution in [0.5, 0.6) is 5.75 Å². The van der Waals surface area contributed by atoms with Crippen LogP contribution in [0.1, 0.15) is 0 Å². The first-order valence-corrected chi connectivity index (χ1v) is 6.10. The van der Waals surface area contributed by atoms with E-state index in [1.165, 1.54) is 4.90 Å². The number of benzene rings is 1. The average Bonchev–Trinajstić information content (AvgIpc) is 2.46. The maximum Gasteiger partial charge on any atom is 0.407 e. The van der Waals surface area contributed by atoms with Gasteiger partial charge in [0.1, 0.15) is 12.4 Å². The van der Waals surface area contributed by atoms with E-state index in [0.717, 1.165) is 11.4 Å². The van der Waals surface area contributed by atoms with Gasteiger partial charge < -0.3 is 19.6 Å². The Bertz CT molecular complexity index is 470. The highest BCUT2D eigenvalue weighted by Gasteiger charge is 2.20. The highest BCUT2D eigenvalue weighted by molar-refractivity contribution is 5.65. The molecule has 1 aliphatic heterocycles. The Morgan fingerprint density at radius 2 is 1.89 bits per heavy atom. The highest BCUT2D eigenvalue weighted by atomic mass is 16.5. The molecule has 1 aromatic carbocycles. The van der Waals surface area contributed by atoms with Crippen LogP contribution in [0.15, 0.2) is 24.3 Å². The van der Waals surface area contributed by atoms with Crippen molar-refractivity contribution >= 4 is 11.8 Å². The molecule has 19 heavy (non-hydrogen) atoms. The minimum absolute atomic E-state index is 0.261. The van der Waals surface area contributed by atoms with Crippen LogP contribution in [-0.2, 0) is 0 Å². The predicted octanol–water partition coefficient (Wildman–Crippen LogP) is 1.50. The number of nitrogens with zero attached hydrogens (tertiary/aromatic N) is 2. The first-order chi connectivity index (χ1) is 9.20. The van der Waals surface area contributed by atoms with E-state index in [-0.39, 0.29) is 6.61 Å². The molecule has 1 heterocycles. The summed E-state index contributed by atoms with van der Waals surface area (Å²) in [7, 11) is 0. The van der Waals surface area contributed by atoms with E-state index in [1.54, 1.807) is 0 Å². The lowest BCUT2D eigenvalue weighted by Crippen LogP contribution is -2.48. The molecule has 1 saturated heterocycles. The van der Waals surface area contributed by atoms with Gasteiger partial charge in [-0.15, -0.1) is 6.42 Å². The van der Waals surface area contributed by atoms with Crippen molar-refractivity contribution in [2.24, 2.45) is 0 Å². The fraction of sp³-hybridized carbons (Fsp3) is 0.357. The van der Waals surface area contributed by atoms with E-state index in [1.807, 2.05) is 24.3 Å². The number of rotatable bonds is 3. The minimum Gasteiger partial charge on any atom is -0.481 e. The molecule has 5 nitrogen and oxygen atoms in total. The van der Waals surface area contributed by atoms with Gasteiger partial charge in [0.05, 0.1) is 0 Å². The summed E-state index contributed by atoms with van der Waals surface area (Å²) >= 11 is 0. The van der Waals surface area contributed by atoms with Crippen LogP contribution in [0.4, 0.5) is 10.5 Å². The normalized spacial score (nSPS) is 14.9. The molecule has 1 N–H and O–H groups in total. The lowest BCUT2D eigenvalue weighted by molar-refractivity contribution is 0.142. The Labute approximate surface area is 112 Å². The Hall–Kier alpha value is -2.35.